The SMILES string of the molecule is COCCOc1ccccc1C(=O)NCCC(C)(C)C(=O)O. The number of carboxylic acids is 1. The van der Waals surface area contributed by atoms with Crippen molar-refractivity contribution in [2.75, 3.05) is 26.9 Å². The van der Waals surface area contributed by atoms with E-state index in [0.717, 1.165) is 0 Å². The van der Waals surface area contributed by atoms with Gasteiger partial charge in [-0.2, -0.15) is 0 Å². The minimum Gasteiger partial charge on any atom is -0.490 e. The number of carbonyl (C=O) groups excluding carboxylic acids is 1. The number of carbonyl (C=O) groups is 2. The maximum atomic E-state index is 12.2. The van der Waals surface area contributed by atoms with E-state index < -0.39 is 11.4 Å². The van der Waals surface area contributed by atoms with Gasteiger partial charge in [0.05, 0.1) is 17.6 Å². The fraction of sp³-hybridized carbons (Fsp3) is 0.500. The molecule has 0 bridgehead atoms. The number of rotatable bonds is 9. The molecule has 0 aromatic heterocycles. The predicted octanol–water partition coefficient (Wildman–Crippen LogP) is 1.94. The van der Waals surface area contributed by atoms with Crippen molar-refractivity contribution in [1.29, 1.82) is 0 Å². The molecule has 0 saturated heterocycles. The summed E-state index contributed by atoms with van der Waals surface area (Å²) >= 11 is 0. The van der Waals surface area contributed by atoms with E-state index in [1.54, 1.807) is 45.2 Å². The van der Waals surface area contributed by atoms with E-state index in [-0.39, 0.29) is 12.5 Å². The Labute approximate surface area is 130 Å². The predicted molar refractivity (Wildman–Crippen MR) is 82.2 cm³/mol. The highest BCUT2D eigenvalue weighted by atomic mass is 16.5. The highest BCUT2D eigenvalue weighted by molar-refractivity contribution is 5.96. The molecule has 0 saturated carbocycles. The zero-order valence-corrected chi connectivity index (χ0v) is 13.2. The first-order chi connectivity index (χ1) is 10.4. The summed E-state index contributed by atoms with van der Waals surface area (Å²) in [6.45, 7) is 4.33. The van der Waals surface area contributed by atoms with Gasteiger partial charge >= 0.3 is 5.97 Å². The number of para-hydroxylation sites is 1. The molecule has 1 amide bonds. The van der Waals surface area contributed by atoms with Gasteiger partial charge in [0.2, 0.25) is 0 Å². The quantitative estimate of drug-likeness (QED) is 0.681. The second-order valence-electron chi connectivity index (χ2n) is 5.53. The van der Waals surface area contributed by atoms with Crippen molar-refractivity contribution in [1.82, 2.24) is 5.32 Å². The minimum absolute atomic E-state index is 0.282. The average molecular weight is 309 g/mol. The van der Waals surface area contributed by atoms with Crippen molar-refractivity contribution >= 4 is 11.9 Å². The van der Waals surface area contributed by atoms with Crippen molar-refractivity contribution in [2.45, 2.75) is 20.3 Å². The molecule has 1 aromatic carbocycles. The van der Waals surface area contributed by atoms with E-state index >= 15 is 0 Å². The molecule has 6 heteroatoms. The number of hydrogen-bond donors (Lipinski definition) is 2. The van der Waals surface area contributed by atoms with E-state index in [1.807, 2.05) is 0 Å². The first-order valence-corrected chi connectivity index (χ1v) is 7.11. The summed E-state index contributed by atoms with van der Waals surface area (Å²) < 4.78 is 10.4. The highest BCUT2D eigenvalue weighted by Crippen LogP contribution is 2.20. The number of aliphatic carboxylic acids is 1. The van der Waals surface area contributed by atoms with Crippen LogP contribution >= 0.6 is 0 Å². The van der Waals surface area contributed by atoms with Gasteiger partial charge in [0.1, 0.15) is 12.4 Å². The minimum atomic E-state index is -0.884. The van der Waals surface area contributed by atoms with Crippen LogP contribution in [0, 0.1) is 5.41 Å². The molecule has 2 N–H and O–H groups in total. The number of nitrogens with one attached hydrogen (secondary N) is 1. The first kappa shape index (κ1) is 18.0. The molecule has 22 heavy (non-hydrogen) atoms. The van der Waals surface area contributed by atoms with Crippen LogP contribution in [0.3, 0.4) is 0 Å². The number of hydrogen-bond acceptors (Lipinski definition) is 4. The van der Waals surface area contributed by atoms with Gasteiger partial charge in [-0.1, -0.05) is 12.1 Å². The Morgan fingerprint density at radius 2 is 1.91 bits per heavy atom. The molecule has 6 nitrogen and oxygen atoms in total. The van der Waals surface area contributed by atoms with E-state index in [2.05, 4.69) is 5.32 Å². The summed E-state index contributed by atoms with van der Waals surface area (Å²) in [5, 5.41) is 11.8. The molecule has 0 spiro atoms. The number of benzene rings is 1. The molecule has 0 atom stereocenters. The third kappa shape index (κ3) is 5.37. The molecule has 0 fully saturated rings. The largest absolute Gasteiger partial charge is 0.490 e. The van der Waals surface area contributed by atoms with E-state index in [4.69, 9.17) is 14.6 Å². The average Bonchev–Trinajstić information content (AvgIpc) is 2.47. The van der Waals surface area contributed by atoms with Crippen molar-refractivity contribution in [2.24, 2.45) is 5.41 Å². The summed E-state index contributed by atoms with van der Waals surface area (Å²) in [6, 6.07) is 6.91. The van der Waals surface area contributed by atoms with Gasteiger partial charge in [-0.15, -0.1) is 0 Å². The Morgan fingerprint density at radius 3 is 2.55 bits per heavy atom. The third-order valence-electron chi connectivity index (χ3n) is 3.29. The van der Waals surface area contributed by atoms with Crippen molar-refractivity contribution in [3.05, 3.63) is 29.8 Å². The Kier molecular flexibility index (Phi) is 6.85. The molecule has 0 aliphatic carbocycles. The van der Waals surface area contributed by atoms with Crippen LogP contribution in [0.2, 0.25) is 0 Å². The van der Waals surface area contributed by atoms with Crippen molar-refractivity contribution in [3.63, 3.8) is 0 Å². The zero-order chi connectivity index (χ0) is 16.6. The smallest absolute Gasteiger partial charge is 0.309 e. The van der Waals surface area contributed by atoms with Crippen LogP contribution in [0.5, 0.6) is 5.75 Å². The number of ether oxygens (including phenoxy) is 2. The van der Waals surface area contributed by atoms with E-state index in [0.29, 0.717) is 30.9 Å². The van der Waals surface area contributed by atoms with Gasteiger partial charge in [-0.25, -0.2) is 0 Å². The van der Waals surface area contributed by atoms with Crippen molar-refractivity contribution in [3.8, 4) is 5.75 Å². The van der Waals surface area contributed by atoms with Crippen LogP contribution in [-0.2, 0) is 9.53 Å². The maximum absolute atomic E-state index is 12.2. The van der Waals surface area contributed by atoms with E-state index in [9.17, 15) is 9.59 Å². The summed E-state index contributed by atoms with van der Waals surface area (Å²) in [7, 11) is 1.58. The Morgan fingerprint density at radius 1 is 1.23 bits per heavy atom. The van der Waals surface area contributed by atoms with Crippen molar-refractivity contribution < 1.29 is 24.2 Å². The van der Waals surface area contributed by atoms with Crippen LogP contribution in [0.4, 0.5) is 0 Å². The molecule has 1 aromatic rings. The normalized spacial score (nSPS) is 11.0. The second-order valence-corrected chi connectivity index (χ2v) is 5.53. The lowest BCUT2D eigenvalue weighted by Crippen LogP contribution is -2.32. The molecule has 122 valence electrons. The second kappa shape index (κ2) is 8.38. The molecule has 0 heterocycles. The summed E-state index contributed by atoms with van der Waals surface area (Å²) in [6.07, 6.45) is 0.348. The lowest BCUT2D eigenvalue weighted by Gasteiger charge is -2.19. The molecular formula is C16H23NO5. The van der Waals surface area contributed by atoms with E-state index in [1.165, 1.54) is 0 Å². The van der Waals surface area contributed by atoms with Crippen LogP contribution < -0.4 is 10.1 Å². The van der Waals surface area contributed by atoms with Gasteiger partial charge in [-0.3, -0.25) is 9.59 Å². The Balaban J connectivity index is 2.60. The Bertz CT molecular complexity index is 513. The summed E-state index contributed by atoms with van der Waals surface area (Å²) in [5.41, 5.74) is -0.450. The third-order valence-corrected chi connectivity index (χ3v) is 3.29. The monoisotopic (exact) mass is 309 g/mol. The number of carboxylic acid groups (broad SMARTS) is 1. The molecule has 0 unspecified atom stereocenters. The van der Waals surface area contributed by atoms with Gasteiger partial charge < -0.3 is 19.9 Å². The van der Waals surface area contributed by atoms with Crippen LogP contribution in [0.1, 0.15) is 30.6 Å². The highest BCUT2D eigenvalue weighted by Gasteiger charge is 2.26. The zero-order valence-electron chi connectivity index (χ0n) is 13.2. The van der Waals surface area contributed by atoms with Gasteiger partial charge in [0.25, 0.3) is 5.91 Å². The summed E-state index contributed by atoms with van der Waals surface area (Å²) in [4.78, 5) is 23.2. The fourth-order valence-electron chi connectivity index (χ4n) is 1.71. The topological polar surface area (TPSA) is 84.9 Å². The number of methoxy groups -OCH3 is 1. The van der Waals surface area contributed by atoms with Crippen LogP contribution in [0.15, 0.2) is 24.3 Å². The molecule has 0 aliphatic rings. The standard InChI is InChI=1S/C16H23NO5/c1-16(2,15(19)20)8-9-17-14(18)12-6-4-5-7-13(12)22-11-10-21-3/h4-7H,8-11H2,1-3H3,(H,17,18)(H,19,20). The Hall–Kier alpha value is -2.08. The molecule has 1 rings (SSSR count). The first-order valence-electron chi connectivity index (χ1n) is 7.11. The van der Waals surface area contributed by atoms with Crippen LogP contribution in [-0.4, -0.2) is 43.9 Å². The molecule has 0 radical (unpaired) electrons. The lowest BCUT2D eigenvalue weighted by molar-refractivity contribution is -0.147. The van der Waals surface area contributed by atoms with Crippen LogP contribution in [0.25, 0.3) is 0 Å². The van der Waals surface area contributed by atoms with Gasteiger partial charge in [-0.05, 0) is 32.4 Å². The van der Waals surface area contributed by atoms with Gasteiger partial charge in [0, 0.05) is 13.7 Å². The maximum Gasteiger partial charge on any atom is 0.309 e. The fourth-order valence-corrected chi connectivity index (χ4v) is 1.71. The number of amides is 1. The summed E-state index contributed by atoms with van der Waals surface area (Å²) in [5.74, 6) is -0.686. The molecule has 0 aliphatic heterocycles. The van der Waals surface area contributed by atoms with Gasteiger partial charge in [0.15, 0.2) is 0 Å². The molecular weight excluding hydrogens is 286 g/mol. The lowest BCUT2D eigenvalue weighted by atomic mass is 9.90.